The van der Waals surface area contributed by atoms with Gasteiger partial charge >= 0.3 is 5.97 Å². The number of nitrogens with zero attached hydrogens (tertiary/aromatic N) is 1. The summed E-state index contributed by atoms with van der Waals surface area (Å²) < 4.78 is 0. The number of rotatable bonds is 2. The molecule has 0 saturated heterocycles. The van der Waals surface area contributed by atoms with Crippen LogP contribution < -0.4 is 4.90 Å². The molecular formula is C19H19NO3. The molecule has 0 radical (unpaired) electrons. The fraction of sp³-hybridized carbons (Fsp3) is 0.263. The second kappa shape index (κ2) is 4.95. The first-order valence-corrected chi connectivity index (χ1v) is 7.53. The summed E-state index contributed by atoms with van der Waals surface area (Å²) in [6, 6.07) is 11.0. The Balaban J connectivity index is 2.21. The molecule has 0 fully saturated rings. The molecule has 1 N–H and O–H groups in total. The smallest absolute Gasteiger partial charge is 0.336 e. The number of carboxylic acid groups (broad SMARTS) is 1. The Hall–Kier alpha value is -2.62. The van der Waals surface area contributed by atoms with Crippen molar-refractivity contribution in [1.29, 1.82) is 0 Å². The normalized spacial score (nSPS) is 15.7. The first kappa shape index (κ1) is 15.3. The van der Waals surface area contributed by atoms with Crippen molar-refractivity contribution in [3.8, 4) is 0 Å². The van der Waals surface area contributed by atoms with E-state index in [0.717, 1.165) is 16.8 Å². The van der Waals surface area contributed by atoms with Gasteiger partial charge in [-0.1, -0.05) is 23.8 Å². The lowest BCUT2D eigenvalue weighted by Crippen LogP contribution is -2.33. The molecule has 0 bridgehead atoms. The van der Waals surface area contributed by atoms with Gasteiger partial charge in [-0.3, -0.25) is 9.69 Å². The van der Waals surface area contributed by atoms with Crippen LogP contribution in [-0.4, -0.2) is 17.0 Å². The average molecular weight is 309 g/mol. The van der Waals surface area contributed by atoms with Gasteiger partial charge in [-0.25, -0.2) is 4.79 Å². The fourth-order valence-corrected chi connectivity index (χ4v) is 3.09. The molecule has 0 spiro atoms. The molecule has 0 atom stereocenters. The van der Waals surface area contributed by atoms with E-state index in [0.29, 0.717) is 11.3 Å². The maximum atomic E-state index is 12.9. The molecule has 1 heterocycles. The lowest BCUT2D eigenvalue weighted by molar-refractivity contribution is -0.121. The minimum atomic E-state index is -0.987. The van der Waals surface area contributed by atoms with Crippen molar-refractivity contribution in [1.82, 2.24) is 0 Å². The van der Waals surface area contributed by atoms with Crippen LogP contribution in [0.2, 0.25) is 0 Å². The molecule has 3 rings (SSSR count). The van der Waals surface area contributed by atoms with E-state index in [1.807, 2.05) is 39.0 Å². The van der Waals surface area contributed by atoms with Gasteiger partial charge in [0.1, 0.15) is 0 Å². The summed E-state index contributed by atoms with van der Waals surface area (Å²) in [5.74, 6) is -1.03. The van der Waals surface area contributed by atoms with Gasteiger partial charge in [0, 0.05) is 5.69 Å². The topological polar surface area (TPSA) is 57.6 Å². The van der Waals surface area contributed by atoms with Crippen LogP contribution in [0.5, 0.6) is 0 Å². The van der Waals surface area contributed by atoms with E-state index in [4.69, 9.17) is 0 Å². The molecule has 0 unspecified atom stereocenters. The monoisotopic (exact) mass is 309 g/mol. The Kier molecular flexibility index (Phi) is 3.29. The quantitative estimate of drug-likeness (QED) is 0.913. The van der Waals surface area contributed by atoms with Crippen LogP contribution in [0.25, 0.3) is 0 Å². The van der Waals surface area contributed by atoms with Gasteiger partial charge in [-0.05, 0) is 57.0 Å². The Morgan fingerprint density at radius 2 is 1.78 bits per heavy atom. The number of carbonyl (C=O) groups excluding carboxylic acids is 1. The Bertz CT molecular complexity index is 837. The molecule has 0 aliphatic carbocycles. The zero-order valence-electron chi connectivity index (χ0n) is 13.7. The van der Waals surface area contributed by atoms with Gasteiger partial charge in [0.2, 0.25) is 5.91 Å². The van der Waals surface area contributed by atoms with Crippen molar-refractivity contribution in [3.05, 3.63) is 58.7 Å². The Morgan fingerprint density at radius 1 is 1.09 bits per heavy atom. The molecule has 4 heteroatoms. The number of benzene rings is 2. The lowest BCUT2D eigenvalue weighted by Gasteiger charge is -2.21. The van der Waals surface area contributed by atoms with Gasteiger partial charge in [-0.15, -0.1) is 0 Å². The molecule has 0 aromatic heterocycles. The lowest BCUT2D eigenvalue weighted by atomic mass is 9.85. The molecular weight excluding hydrogens is 290 g/mol. The van der Waals surface area contributed by atoms with Crippen LogP contribution in [0.3, 0.4) is 0 Å². The van der Waals surface area contributed by atoms with Gasteiger partial charge < -0.3 is 5.11 Å². The molecule has 2 aromatic rings. The minimum absolute atomic E-state index is 0.0432. The van der Waals surface area contributed by atoms with E-state index < -0.39 is 11.4 Å². The van der Waals surface area contributed by atoms with E-state index in [-0.39, 0.29) is 11.5 Å². The molecule has 4 nitrogen and oxygen atoms in total. The average Bonchev–Trinajstić information content (AvgIpc) is 2.68. The van der Waals surface area contributed by atoms with Crippen molar-refractivity contribution in [3.63, 3.8) is 0 Å². The van der Waals surface area contributed by atoms with E-state index in [2.05, 4.69) is 0 Å². The first-order valence-electron chi connectivity index (χ1n) is 7.53. The van der Waals surface area contributed by atoms with Crippen molar-refractivity contribution in [2.24, 2.45) is 0 Å². The summed E-state index contributed by atoms with van der Waals surface area (Å²) in [6.45, 7) is 7.55. The highest BCUT2D eigenvalue weighted by atomic mass is 16.4. The van der Waals surface area contributed by atoms with Crippen LogP contribution in [0, 0.1) is 13.8 Å². The first-order chi connectivity index (χ1) is 10.7. The number of carbonyl (C=O) groups is 2. The Morgan fingerprint density at radius 3 is 2.43 bits per heavy atom. The Labute approximate surface area is 135 Å². The molecule has 2 aromatic carbocycles. The van der Waals surface area contributed by atoms with Crippen LogP contribution in [0.4, 0.5) is 11.4 Å². The standard InChI is InChI=1S/C19H19NO3/c1-11-5-8-16-15(9-11)19(3,4)18(23)20(16)13-7-6-12(2)14(10-13)17(21)22/h5-10H,1-4H3,(H,21,22). The summed E-state index contributed by atoms with van der Waals surface area (Å²) in [7, 11) is 0. The summed E-state index contributed by atoms with van der Waals surface area (Å²) in [5, 5.41) is 9.33. The third kappa shape index (κ3) is 2.22. The fourth-order valence-electron chi connectivity index (χ4n) is 3.09. The molecule has 1 aliphatic heterocycles. The van der Waals surface area contributed by atoms with E-state index in [1.165, 1.54) is 0 Å². The molecule has 0 saturated carbocycles. The number of hydrogen-bond donors (Lipinski definition) is 1. The second-order valence-electron chi connectivity index (χ2n) is 6.59. The predicted octanol–water partition coefficient (Wildman–Crippen LogP) is 3.96. The third-order valence-electron chi connectivity index (χ3n) is 4.51. The predicted molar refractivity (Wildman–Crippen MR) is 89.5 cm³/mol. The van der Waals surface area contributed by atoms with Gasteiger partial charge in [-0.2, -0.15) is 0 Å². The van der Waals surface area contributed by atoms with Crippen LogP contribution in [-0.2, 0) is 10.2 Å². The number of aryl methyl sites for hydroxylation is 2. The van der Waals surface area contributed by atoms with Crippen molar-refractivity contribution in [2.75, 3.05) is 4.90 Å². The minimum Gasteiger partial charge on any atom is -0.478 e. The van der Waals surface area contributed by atoms with Gasteiger partial charge in [0.05, 0.1) is 16.7 Å². The van der Waals surface area contributed by atoms with Crippen LogP contribution >= 0.6 is 0 Å². The number of aromatic carboxylic acids is 1. The third-order valence-corrected chi connectivity index (χ3v) is 4.51. The molecule has 118 valence electrons. The maximum absolute atomic E-state index is 12.9. The van der Waals surface area contributed by atoms with E-state index >= 15 is 0 Å². The van der Waals surface area contributed by atoms with E-state index in [9.17, 15) is 14.7 Å². The zero-order chi connectivity index (χ0) is 16.9. The number of hydrogen-bond acceptors (Lipinski definition) is 2. The highest BCUT2D eigenvalue weighted by molar-refractivity contribution is 6.13. The number of fused-ring (bicyclic) bond motifs is 1. The number of amides is 1. The number of carboxylic acids is 1. The largest absolute Gasteiger partial charge is 0.478 e. The van der Waals surface area contributed by atoms with E-state index in [1.54, 1.807) is 30.0 Å². The van der Waals surface area contributed by atoms with Crippen molar-refractivity contribution in [2.45, 2.75) is 33.1 Å². The molecule has 1 amide bonds. The maximum Gasteiger partial charge on any atom is 0.336 e. The zero-order valence-corrected chi connectivity index (χ0v) is 13.7. The molecule has 23 heavy (non-hydrogen) atoms. The highest BCUT2D eigenvalue weighted by Crippen LogP contribution is 2.45. The summed E-state index contributed by atoms with van der Waals surface area (Å²) in [6.07, 6.45) is 0. The van der Waals surface area contributed by atoms with Gasteiger partial charge in [0.15, 0.2) is 0 Å². The number of anilines is 2. The molecule has 1 aliphatic rings. The second-order valence-corrected chi connectivity index (χ2v) is 6.59. The van der Waals surface area contributed by atoms with Crippen molar-refractivity contribution >= 4 is 23.3 Å². The van der Waals surface area contributed by atoms with Crippen LogP contribution in [0.15, 0.2) is 36.4 Å². The van der Waals surface area contributed by atoms with Crippen LogP contribution in [0.1, 0.15) is 40.9 Å². The summed E-state index contributed by atoms with van der Waals surface area (Å²) in [4.78, 5) is 26.0. The van der Waals surface area contributed by atoms with Crippen molar-refractivity contribution < 1.29 is 14.7 Å². The summed E-state index contributed by atoms with van der Waals surface area (Å²) in [5.41, 5.74) is 3.75. The van der Waals surface area contributed by atoms with Gasteiger partial charge in [0.25, 0.3) is 0 Å². The summed E-state index contributed by atoms with van der Waals surface area (Å²) >= 11 is 0. The SMILES string of the molecule is Cc1ccc2c(c1)C(C)(C)C(=O)N2c1ccc(C)c(C(=O)O)c1. The highest BCUT2D eigenvalue weighted by Gasteiger charge is 2.44.